The fraction of sp³-hybridized carbons (Fsp3) is 0.286. The maximum absolute atomic E-state index is 12.9. The van der Waals surface area contributed by atoms with Crippen molar-refractivity contribution in [3.05, 3.63) is 65.7 Å². The molecule has 0 aliphatic carbocycles. The number of primary amides is 1. The number of benzene rings is 2. The maximum Gasteiger partial charge on any atom is 0.243 e. The number of hydrogen-bond donors (Lipinski definition) is 5. The lowest BCUT2D eigenvalue weighted by Gasteiger charge is -2.23. The van der Waals surface area contributed by atoms with Gasteiger partial charge in [-0.3, -0.25) is 14.4 Å². The zero-order valence-electron chi connectivity index (χ0n) is 16.2. The van der Waals surface area contributed by atoms with Crippen LogP contribution < -0.4 is 22.1 Å². The summed E-state index contributed by atoms with van der Waals surface area (Å²) in [5.74, 6) is -1.63. The van der Waals surface area contributed by atoms with Gasteiger partial charge in [-0.05, 0) is 30.2 Å². The fourth-order valence-corrected chi connectivity index (χ4v) is 2.73. The first-order valence-electron chi connectivity index (χ1n) is 9.23. The molecule has 3 amide bonds. The Morgan fingerprint density at radius 2 is 1.38 bits per heavy atom. The van der Waals surface area contributed by atoms with Crippen LogP contribution in [0.25, 0.3) is 0 Å². The number of rotatable bonds is 9. The molecule has 0 heterocycles. The largest absolute Gasteiger partial charge is 0.508 e. The van der Waals surface area contributed by atoms with Crippen LogP contribution in [-0.4, -0.2) is 41.0 Å². The van der Waals surface area contributed by atoms with Gasteiger partial charge in [0.2, 0.25) is 17.7 Å². The van der Waals surface area contributed by atoms with Crippen LogP contribution in [0.2, 0.25) is 0 Å². The van der Waals surface area contributed by atoms with Crippen molar-refractivity contribution in [3.63, 3.8) is 0 Å². The molecule has 154 valence electrons. The Hall–Kier alpha value is -3.39. The van der Waals surface area contributed by atoms with Crippen molar-refractivity contribution < 1.29 is 19.5 Å². The smallest absolute Gasteiger partial charge is 0.243 e. The second-order valence-corrected chi connectivity index (χ2v) is 6.87. The molecule has 29 heavy (non-hydrogen) atoms. The third-order valence-corrected chi connectivity index (χ3v) is 4.37. The Labute approximate surface area is 169 Å². The minimum absolute atomic E-state index is 0.0889. The van der Waals surface area contributed by atoms with E-state index in [-0.39, 0.29) is 18.6 Å². The van der Waals surface area contributed by atoms with Crippen molar-refractivity contribution in [2.75, 3.05) is 0 Å². The lowest BCUT2D eigenvalue weighted by molar-refractivity contribution is -0.131. The second kappa shape index (κ2) is 10.2. The van der Waals surface area contributed by atoms with Crippen LogP contribution in [0, 0.1) is 0 Å². The van der Waals surface area contributed by atoms with E-state index in [0.29, 0.717) is 5.56 Å². The highest BCUT2D eigenvalue weighted by Crippen LogP contribution is 2.12. The van der Waals surface area contributed by atoms with Crippen molar-refractivity contribution in [2.45, 2.75) is 37.9 Å². The summed E-state index contributed by atoms with van der Waals surface area (Å²) in [6, 6.07) is 12.7. The Balaban J connectivity index is 2.15. The van der Waals surface area contributed by atoms with Crippen molar-refractivity contribution in [1.29, 1.82) is 0 Å². The predicted molar refractivity (Wildman–Crippen MR) is 109 cm³/mol. The molecule has 3 atom stereocenters. The highest BCUT2D eigenvalue weighted by molar-refractivity contribution is 5.92. The molecule has 2 aromatic carbocycles. The van der Waals surface area contributed by atoms with Gasteiger partial charge in [0.1, 0.15) is 17.8 Å². The van der Waals surface area contributed by atoms with Crippen LogP contribution >= 0.6 is 0 Å². The molecule has 8 heteroatoms. The molecular formula is C21H26N4O4. The first-order valence-corrected chi connectivity index (χ1v) is 9.23. The number of carbonyl (C=O) groups excluding carboxylic acids is 3. The number of carbonyl (C=O) groups is 3. The van der Waals surface area contributed by atoms with Crippen molar-refractivity contribution in [1.82, 2.24) is 10.6 Å². The van der Waals surface area contributed by atoms with Crippen LogP contribution in [0.15, 0.2) is 54.6 Å². The number of nitrogens with one attached hydrogen (secondary N) is 2. The molecule has 0 aliphatic rings. The molecule has 0 aliphatic heterocycles. The summed E-state index contributed by atoms with van der Waals surface area (Å²) in [7, 11) is 0. The molecule has 0 bridgehead atoms. The van der Waals surface area contributed by atoms with Gasteiger partial charge >= 0.3 is 0 Å². The zero-order valence-corrected chi connectivity index (χ0v) is 16.2. The third-order valence-electron chi connectivity index (χ3n) is 4.37. The van der Waals surface area contributed by atoms with E-state index in [1.807, 2.05) is 30.3 Å². The van der Waals surface area contributed by atoms with Gasteiger partial charge < -0.3 is 27.2 Å². The van der Waals surface area contributed by atoms with E-state index < -0.39 is 35.8 Å². The Kier molecular flexibility index (Phi) is 7.73. The summed E-state index contributed by atoms with van der Waals surface area (Å²) in [4.78, 5) is 36.8. The van der Waals surface area contributed by atoms with Gasteiger partial charge in [0, 0.05) is 12.8 Å². The number of phenolic OH excluding ortho intramolecular Hbond substituents is 1. The number of aromatic hydroxyl groups is 1. The van der Waals surface area contributed by atoms with Crippen LogP contribution in [0.1, 0.15) is 18.1 Å². The summed E-state index contributed by atoms with van der Waals surface area (Å²) in [6.07, 6.45) is 0.385. The second-order valence-electron chi connectivity index (χ2n) is 6.87. The molecule has 2 rings (SSSR count). The molecular weight excluding hydrogens is 372 g/mol. The number of amides is 3. The number of hydrogen-bond acceptors (Lipinski definition) is 5. The molecule has 0 aromatic heterocycles. The molecule has 0 saturated carbocycles. The van der Waals surface area contributed by atoms with Crippen LogP contribution in [0.3, 0.4) is 0 Å². The average Bonchev–Trinajstić information content (AvgIpc) is 2.69. The van der Waals surface area contributed by atoms with Gasteiger partial charge in [-0.25, -0.2) is 0 Å². The molecule has 0 spiro atoms. The van der Waals surface area contributed by atoms with Gasteiger partial charge in [0.05, 0.1) is 6.04 Å². The van der Waals surface area contributed by atoms with Crippen molar-refractivity contribution in [3.8, 4) is 5.75 Å². The van der Waals surface area contributed by atoms with Crippen LogP contribution in [0.5, 0.6) is 5.75 Å². The van der Waals surface area contributed by atoms with Gasteiger partial charge in [-0.15, -0.1) is 0 Å². The summed E-state index contributed by atoms with van der Waals surface area (Å²) in [6.45, 7) is 1.51. The van der Waals surface area contributed by atoms with Crippen LogP contribution in [0.4, 0.5) is 0 Å². The SMILES string of the molecule is C[C@@H](N)C(=O)N[C@H](Cc1ccc(O)cc1)C(=O)N[C@@H](Cc1ccccc1)C(N)=O. The molecule has 0 radical (unpaired) electrons. The topological polar surface area (TPSA) is 148 Å². The van der Waals surface area contributed by atoms with E-state index in [9.17, 15) is 19.5 Å². The number of phenols is 1. The first kappa shape index (κ1) is 21.9. The summed E-state index contributed by atoms with van der Waals surface area (Å²) >= 11 is 0. The Morgan fingerprint density at radius 3 is 1.93 bits per heavy atom. The van der Waals surface area contributed by atoms with E-state index in [2.05, 4.69) is 10.6 Å². The fourth-order valence-electron chi connectivity index (χ4n) is 2.73. The van der Waals surface area contributed by atoms with Gasteiger partial charge in [0.25, 0.3) is 0 Å². The highest BCUT2D eigenvalue weighted by Gasteiger charge is 2.27. The summed E-state index contributed by atoms with van der Waals surface area (Å²) in [5, 5.41) is 14.6. The van der Waals surface area contributed by atoms with Gasteiger partial charge in [0.15, 0.2) is 0 Å². The molecule has 0 fully saturated rings. The summed E-state index contributed by atoms with van der Waals surface area (Å²) < 4.78 is 0. The molecule has 0 unspecified atom stereocenters. The molecule has 8 nitrogen and oxygen atoms in total. The van der Waals surface area contributed by atoms with E-state index >= 15 is 0 Å². The zero-order chi connectivity index (χ0) is 21.4. The monoisotopic (exact) mass is 398 g/mol. The molecule has 7 N–H and O–H groups in total. The van der Waals surface area contributed by atoms with Crippen LogP contribution in [-0.2, 0) is 27.2 Å². The van der Waals surface area contributed by atoms with Crippen molar-refractivity contribution >= 4 is 17.7 Å². The lowest BCUT2D eigenvalue weighted by Crippen LogP contribution is -2.56. The normalized spacial score (nSPS) is 13.7. The Morgan fingerprint density at radius 1 is 0.862 bits per heavy atom. The minimum Gasteiger partial charge on any atom is -0.508 e. The highest BCUT2D eigenvalue weighted by atomic mass is 16.3. The quantitative estimate of drug-likeness (QED) is 0.403. The predicted octanol–water partition coefficient (Wildman–Crippen LogP) is -0.0205. The number of nitrogens with two attached hydrogens (primary N) is 2. The molecule has 0 saturated heterocycles. The first-order chi connectivity index (χ1) is 13.8. The average molecular weight is 398 g/mol. The summed E-state index contributed by atoms with van der Waals surface area (Å²) in [5.41, 5.74) is 12.6. The standard InChI is InChI=1S/C21H26N4O4/c1-13(22)20(28)25-18(12-15-7-9-16(26)10-8-15)21(29)24-17(19(23)27)11-14-5-3-2-4-6-14/h2-10,13,17-18,26H,11-12,22H2,1H3,(H2,23,27)(H,24,29)(H,25,28)/t13-,17+,18-/m1/s1. The van der Waals surface area contributed by atoms with E-state index in [1.54, 1.807) is 12.1 Å². The van der Waals surface area contributed by atoms with Crippen molar-refractivity contribution in [2.24, 2.45) is 11.5 Å². The lowest BCUT2D eigenvalue weighted by atomic mass is 10.0. The third kappa shape index (κ3) is 6.93. The maximum atomic E-state index is 12.9. The van der Waals surface area contributed by atoms with E-state index in [4.69, 9.17) is 11.5 Å². The van der Waals surface area contributed by atoms with Gasteiger partial charge in [-0.2, -0.15) is 0 Å². The minimum atomic E-state index is -0.962. The molecule has 2 aromatic rings. The van der Waals surface area contributed by atoms with E-state index in [1.165, 1.54) is 19.1 Å². The van der Waals surface area contributed by atoms with Gasteiger partial charge in [-0.1, -0.05) is 42.5 Å². The Bertz CT molecular complexity index is 838. The van der Waals surface area contributed by atoms with E-state index in [0.717, 1.165) is 5.56 Å².